The van der Waals surface area contributed by atoms with Gasteiger partial charge in [-0.05, 0) is 6.42 Å². The van der Waals surface area contributed by atoms with E-state index in [4.69, 9.17) is 9.66 Å². The van der Waals surface area contributed by atoms with Crippen molar-refractivity contribution in [2.45, 2.75) is 12.5 Å². The van der Waals surface area contributed by atoms with Crippen LogP contribution in [0, 0.1) is 0 Å². The first-order valence-electron chi connectivity index (χ1n) is 3.83. The Morgan fingerprint density at radius 2 is 2.17 bits per heavy atom. The van der Waals surface area contributed by atoms with Crippen molar-refractivity contribution in [2.24, 2.45) is 0 Å². The van der Waals surface area contributed by atoms with E-state index >= 15 is 0 Å². The Labute approximate surface area is 71.7 Å². The highest BCUT2D eigenvalue weighted by Crippen LogP contribution is 2.07. The lowest BCUT2D eigenvalue weighted by atomic mass is 10.3. The number of aliphatic hydroxyl groups excluding tert-OH is 1. The minimum absolute atomic E-state index is 0.250. The summed E-state index contributed by atoms with van der Waals surface area (Å²) in [6, 6.07) is 0. The Bertz CT molecular complexity index is 238. The van der Waals surface area contributed by atoms with Crippen LogP contribution in [0.1, 0.15) is 6.42 Å². The van der Waals surface area contributed by atoms with Crippen molar-refractivity contribution in [3.8, 4) is 0 Å². The molecule has 1 rings (SSSR count). The summed E-state index contributed by atoms with van der Waals surface area (Å²) in [6.07, 6.45) is 0.345. The van der Waals surface area contributed by atoms with E-state index in [-0.39, 0.29) is 11.9 Å². The normalized spacial score (nSPS) is 26.3. The predicted octanol–water partition coefficient (Wildman–Crippen LogP) is -1.06. The minimum Gasteiger partial charge on any atom is -0.392 e. The van der Waals surface area contributed by atoms with Gasteiger partial charge in [-0.2, -0.15) is 8.42 Å². The standard InChI is InChI=1S/C6H13NO4S/c8-6-1-2-7(5-6)3-4-12(9,10)11/h6,8H,1-5H2,(H,9,10,11). The summed E-state index contributed by atoms with van der Waals surface area (Å²) in [6.45, 7) is 1.52. The summed E-state index contributed by atoms with van der Waals surface area (Å²) in [7, 11) is -3.85. The van der Waals surface area contributed by atoms with Gasteiger partial charge < -0.3 is 5.11 Å². The van der Waals surface area contributed by atoms with E-state index in [2.05, 4.69) is 0 Å². The first-order chi connectivity index (χ1) is 5.47. The molecule has 1 aliphatic heterocycles. The van der Waals surface area contributed by atoms with E-state index in [0.717, 1.165) is 0 Å². The van der Waals surface area contributed by atoms with Crippen LogP contribution in [-0.2, 0) is 10.1 Å². The van der Waals surface area contributed by atoms with Crippen LogP contribution in [0.15, 0.2) is 0 Å². The van der Waals surface area contributed by atoms with Crippen molar-refractivity contribution < 1.29 is 18.1 Å². The molecule has 0 saturated carbocycles. The molecule has 12 heavy (non-hydrogen) atoms. The van der Waals surface area contributed by atoms with Gasteiger partial charge in [0.15, 0.2) is 0 Å². The van der Waals surface area contributed by atoms with Crippen LogP contribution in [0.4, 0.5) is 0 Å². The second-order valence-corrected chi connectivity index (χ2v) is 4.60. The Morgan fingerprint density at radius 3 is 2.58 bits per heavy atom. The topological polar surface area (TPSA) is 77.8 Å². The van der Waals surface area contributed by atoms with Crippen LogP contribution in [0.2, 0.25) is 0 Å². The molecule has 0 aromatic rings. The van der Waals surface area contributed by atoms with Crippen molar-refractivity contribution in [3.05, 3.63) is 0 Å². The van der Waals surface area contributed by atoms with Crippen molar-refractivity contribution in [2.75, 3.05) is 25.4 Å². The summed E-state index contributed by atoms with van der Waals surface area (Å²) >= 11 is 0. The van der Waals surface area contributed by atoms with Crippen LogP contribution in [0.3, 0.4) is 0 Å². The third kappa shape index (κ3) is 3.48. The maximum Gasteiger partial charge on any atom is 0.266 e. The molecule has 1 aliphatic rings. The third-order valence-corrected chi connectivity index (χ3v) is 2.61. The molecular formula is C6H13NO4S. The van der Waals surface area contributed by atoms with Gasteiger partial charge in [0.1, 0.15) is 0 Å². The lowest BCUT2D eigenvalue weighted by Crippen LogP contribution is -2.27. The lowest BCUT2D eigenvalue weighted by Gasteiger charge is -2.12. The number of nitrogens with zero attached hydrogens (tertiary/aromatic N) is 1. The molecule has 1 heterocycles. The molecule has 0 amide bonds. The second kappa shape index (κ2) is 3.69. The summed E-state index contributed by atoms with van der Waals surface area (Å²) in [5.41, 5.74) is 0. The fourth-order valence-electron chi connectivity index (χ4n) is 1.26. The van der Waals surface area contributed by atoms with Gasteiger partial charge in [-0.15, -0.1) is 0 Å². The van der Waals surface area contributed by atoms with Gasteiger partial charge >= 0.3 is 0 Å². The quantitative estimate of drug-likeness (QED) is 0.561. The fraction of sp³-hybridized carbons (Fsp3) is 1.00. The largest absolute Gasteiger partial charge is 0.392 e. The average molecular weight is 195 g/mol. The molecule has 1 fully saturated rings. The molecule has 72 valence electrons. The number of likely N-dealkylation sites (tertiary alicyclic amines) is 1. The van der Waals surface area contributed by atoms with Gasteiger partial charge in [0.2, 0.25) is 0 Å². The van der Waals surface area contributed by atoms with Gasteiger partial charge in [-0.25, -0.2) is 0 Å². The molecule has 5 nitrogen and oxygen atoms in total. The molecule has 1 unspecified atom stereocenters. The summed E-state index contributed by atoms with van der Waals surface area (Å²) < 4.78 is 29.1. The molecular weight excluding hydrogens is 182 g/mol. The van der Waals surface area contributed by atoms with E-state index in [1.54, 1.807) is 0 Å². The van der Waals surface area contributed by atoms with Crippen molar-refractivity contribution in [1.29, 1.82) is 0 Å². The van der Waals surface area contributed by atoms with E-state index in [1.807, 2.05) is 4.90 Å². The minimum atomic E-state index is -3.85. The van der Waals surface area contributed by atoms with Crippen LogP contribution in [0.5, 0.6) is 0 Å². The number of hydrogen-bond acceptors (Lipinski definition) is 4. The van der Waals surface area contributed by atoms with Crippen molar-refractivity contribution in [1.82, 2.24) is 4.90 Å². The molecule has 0 aliphatic carbocycles. The molecule has 0 spiro atoms. The zero-order valence-electron chi connectivity index (χ0n) is 6.68. The maximum absolute atomic E-state index is 10.3. The van der Waals surface area contributed by atoms with Crippen molar-refractivity contribution >= 4 is 10.1 Å². The van der Waals surface area contributed by atoms with Crippen LogP contribution < -0.4 is 0 Å². The Morgan fingerprint density at radius 1 is 1.50 bits per heavy atom. The Kier molecular flexibility index (Phi) is 3.05. The first-order valence-corrected chi connectivity index (χ1v) is 5.44. The van der Waals surface area contributed by atoms with Crippen LogP contribution >= 0.6 is 0 Å². The van der Waals surface area contributed by atoms with E-state index < -0.39 is 10.1 Å². The molecule has 6 heteroatoms. The lowest BCUT2D eigenvalue weighted by molar-refractivity contribution is 0.178. The summed E-state index contributed by atoms with van der Waals surface area (Å²) in [5, 5.41) is 9.08. The fourth-order valence-corrected chi connectivity index (χ4v) is 1.75. The molecule has 0 aromatic heterocycles. The number of β-amino-alcohol motifs (C(OH)–C–C–N with tert-alkyl or cyclic N) is 1. The number of hydrogen-bond donors (Lipinski definition) is 2. The van der Waals surface area contributed by atoms with Crippen LogP contribution in [-0.4, -0.2) is 54.5 Å². The maximum atomic E-state index is 10.3. The van der Waals surface area contributed by atoms with Gasteiger partial charge in [0.05, 0.1) is 11.9 Å². The highest BCUT2D eigenvalue weighted by molar-refractivity contribution is 7.85. The number of rotatable bonds is 3. The second-order valence-electron chi connectivity index (χ2n) is 3.03. The predicted molar refractivity (Wildman–Crippen MR) is 43.5 cm³/mol. The third-order valence-electron chi connectivity index (χ3n) is 1.91. The van der Waals surface area contributed by atoms with Gasteiger partial charge in [-0.1, -0.05) is 0 Å². The van der Waals surface area contributed by atoms with Gasteiger partial charge in [0.25, 0.3) is 10.1 Å². The molecule has 0 aromatic carbocycles. The van der Waals surface area contributed by atoms with E-state index in [9.17, 15) is 8.42 Å². The average Bonchev–Trinajstić information content (AvgIpc) is 2.30. The first kappa shape index (κ1) is 9.91. The van der Waals surface area contributed by atoms with E-state index in [0.29, 0.717) is 26.1 Å². The number of aliphatic hydroxyl groups is 1. The van der Waals surface area contributed by atoms with Gasteiger partial charge in [0, 0.05) is 19.6 Å². The Hall–Kier alpha value is -0.170. The summed E-state index contributed by atoms with van der Waals surface area (Å²) in [4.78, 5) is 1.82. The smallest absolute Gasteiger partial charge is 0.266 e. The zero-order valence-corrected chi connectivity index (χ0v) is 7.50. The van der Waals surface area contributed by atoms with Crippen molar-refractivity contribution in [3.63, 3.8) is 0 Å². The molecule has 1 saturated heterocycles. The van der Waals surface area contributed by atoms with E-state index in [1.165, 1.54) is 0 Å². The molecule has 1 atom stereocenters. The van der Waals surface area contributed by atoms with Gasteiger partial charge in [-0.3, -0.25) is 9.45 Å². The summed E-state index contributed by atoms with van der Waals surface area (Å²) in [5.74, 6) is -0.250. The molecule has 2 N–H and O–H groups in total. The highest BCUT2D eigenvalue weighted by atomic mass is 32.2. The highest BCUT2D eigenvalue weighted by Gasteiger charge is 2.20. The Balaban J connectivity index is 2.25. The monoisotopic (exact) mass is 195 g/mol. The zero-order chi connectivity index (χ0) is 9.19. The SMILES string of the molecule is O=S(=O)(O)CCN1CCC(O)C1. The molecule has 0 radical (unpaired) electrons. The van der Waals surface area contributed by atoms with Crippen LogP contribution in [0.25, 0.3) is 0 Å². The molecule has 0 bridgehead atoms.